The Hall–Kier alpha value is -2.08. The van der Waals surface area contributed by atoms with Gasteiger partial charge in [0.15, 0.2) is 0 Å². The van der Waals surface area contributed by atoms with E-state index in [1.54, 1.807) is 11.1 Å². The molecule has 0 amide bonds. The topological polar surface area (TPSA) is 0 Å². The SMILES string of the molecule is CCCc1c(C2=CC=CC2)ccc2c1Cc1ccccc1-2. The van der Waals surface area contributed by atoms with Crippen LogP contribution in [0.3, 0.4) is 0 Å². The number of fused-ring (bicyclic) bond motifs is 3. The zero-order valence-electron chi connectivity index (χ0n) is 12.5. The first-order valence-corrected chi connectivity index (χ1v) is 7.97. The molecule has 2 aliphatic carbocycles. The Morgan fingerprint density at radius 1 is 0.952 bits per heavy atom. The average Bonchev–Trinajstić information content (AvgIpc) is 3.15. The van der Waals surface area contributed by atoms with Crippen LogP contribution in [0.1, 0.15) is 42.0 Å². The van der Waals surface area contributed by atoms with Gasteiger partial charge in [-0.15, -0.1) is 0 Å². The van der Waals surface area contributed by atoms with Gasteiger partial charge in [-0.3, -0.25) is 0 Å². The van der Waals surface area contributed by atoms with Gasteiger partial charge >= 0.3 is 0 Å². The van der Waals surface area contributed by atoms with Gasteiger partial charge in [-0.2, -0.15) is 0 Å². The van der Waals surface area contributed by atoms with E-state index < -0.39 is 0 Å². The molecule has 0 fully saturated rings. The predicted molar refractivity (Wildman–Crippen MR) is 90.4 cm³/mol. The Morgan fingerprint density at radius 3 is 2.62 bits per heavy atom. The Morgan fingerprint density at radius 2 is 1.81 bits per heavy atom. The molecule has 0 aromatic heterocycles. The maximum atomic E-state index is 2.35. The highest BCUT2D eigenvalue weighted by Crippen LogP contribution is 2.41. The normalized spacial score (nSPS) is 15.0. The molecule has 4 rings (SSSR count). The molecule has 0 bridgehead atoms. The molecule has 2 aromatic carbocycles. The van der Waals surface area contributed by atoms with Crippen molar-refractivity contribution >= 4 is 5.57 Å². The van der Waals surface area contributed by atoms with Gasteiger partial charge in [-0.25, -0.2) is 0 Å². The summed E-state index contributed by atoms with van der Waals surface area (Å²) >= 11 is 0. The summed E-state index contributed by atoms with van der Waals surface area (Å²) in [6.45, 7) is 2.28. The number of rotatable bonds is 3. The maximum absolute atomic E-state index is 2.35. The van der Waals surface area contributed by atoms with Crippen LogP contribution in [0.5, 0.6) is 0 Å². The molecule has 0 aliphatic heterocycles. The number of hydrogen-bond donors (Lipinski definition) is 0. The van der Waals surface area contributed by atoms with E-state index >= 15 is 0 Å². The minimum Gasteiger partial charge on any atom is -0.0801 e. The third kappa shape index (κ3) is 1.98. The molecule has 0 spiro atoms. The molecule has 0 atom stereocenters. The van der Waals surface area contributed by atoms with Crippen molar-refractivity contribution < 1.29 is 0 Å². The Bertz CT molecular complexity index is 760. The van der Waals surface area contributed by atoms with Crippen LogP contribution in [0.2, 0.25) is 0 Å². The zero-order valence-corrected chi connectivity index (χ0v) is 12.5. The van der Waals surface area contributed by atoms with E-state index in [2.05, 4.69) is 61.5 Å². The fraction of sp³-hybridized carbons (Fsp3) is 0.238. The van der Waals surface area contributed by atoms with Crippen LogP contribution < -0.4 is 0 Å². The standard InChI is InChI=1S/C21H20/c1-2-7-19-18(15-8-3-4-9-15)12-13-20-17-11-6-5-10-16(17)14-21(19)20/h3-6,8,10-13H,2,7,9,14H2,1H3. The first-order chi connectivity index (χ1) is 10.4. The van der Waals surface area contributed by atoms with Crippen molar-refractivity contribution in [1.29, 1.82) is 0 Å². The van der Waals surface area contributed by atoms with Gasteiger partial charge in [0.2, 0.25) is 0 Å². The van der Waals surface area contributed by atoms with Crippen LogP contribution >= 0.6 is 0 Å². The van der Waals surface area contributed by atoms with Crippen LogP contribution in [0.25, 0.3) is 16.7 Å². The Kier molecular flexibility index (Phi) is 3.03. The summed E-state index contributed by atoms with van der Waals surface area (Å²) in [5.41, 5.74) is 10.5. The molecule has 0 saturated heterocycles. The molecular weight excluding hydrogens is 252 g/mol. The van der Waals surface area contributed by atoms with Gasteiger partial charge in [0.25, 0.3) is 0 Å². The molecule has 21 heavy (non-hydrogen) atoms. The van der Waals surface area contributed by atoms with E-state index in [0.717, 1.165) is 12.8 Å². The second-order valence-corrected chi connectivity index (χ2v) is 6.03. The molecular formula is C21H20. The average molecular weight is 272 g/mol. The summed E-state index contributed by atoms with van der Waals surface area (Å²) in [5.74, 6) is 0. The molecule has 0 nitrogen and oxygen atoms in total. The van der Waals surface area contributed by atoms with E-state index in [-0.39, 0.29) is 0 Å². The molecule has 2 aliphatic rings. The highest BCUT2D eigenvalue weighted by atomic mass is 14.3. The molecule has 0 N–H and O–H groups in total. The molecule has 0 saturated carbocycles. The highest BCUT2D eigenvalue weighted by molar-refractivity contribution is 5.83. The van der Waals surface area contributed by atoms with E-state index in [0.29, 0.717) is 0 Å². The summed E-state index contributed by atoms with van der Waals surface area (Å²) in [7, 11) is 0. The fourth-order valence-corrected chi connectivity index (χ4v) is 3.76. The van der Waals surface area contributed by atoms with Gasteiger partial charge in [-0.1, -0.05) is 68.0 Å². The lowest BCUT2D eigenvalue weighted by Gasteiger charge is -2.15. The summed E-state index contributed by atoms with van der Waals surface area (Å²) in [4.78, 5) is 0. The van der Waals surface area contributed by atoms with Crippen LogP contribution in [0.4, 0.5) is 0 Å². The number of allylic oxidation sites excluding steroid dienone is 4. The van der Waals surface area contributed by atoms with Crippen molar-refractivity contribution in [3.63, 3.8) is 0 Å². The van der Waals surface area contributed by atoms with Crippen molar-refractivity contribution in [2.45, 2.75) is 32.6 Å². The molecule has 0 radical (unpaired) electrons. The first-order valence-electron chi connectivity index (χ1n) is 7.97. The second kappa shape index (κ2) is 5.04. The summed E-state index contributed by atoms with van der Waals surface area (Å²) in [6.07, 6.45) is 11.3. The van der Waals surface area contributed by atoms with Gasteiger partial charge in [0.05, 0.1) is 0 Å². The van der Waals surface area contributed by atoms with Crippen LogP contribution in [-0.4, -0.2) is 0 Å². The molecule has 104 valence electrons. The second-order valence-electron chi connectivity index (χ2n) is 6.03. The van der Waals surface area contributed by atoms with Crippen LogP contribution in [-0.2, 0) is 12.8 Å². The van der Waals surface area contributed by atoms with Crippen molar-refractivity contribution in [1.82, 2.24) is 0 Å². The first kappa shape index (κ1) is 12.6. The largest absolute Gasteiger partial charge is 0.0801 e. The Labute approximate surface area is 126 Å². The van der Waals surface area contributed by atoms with Crippen molar-refractivity contribution in [2.24, 2.45) is 0 Å². The van der Waals surface area contributed by atoms with E-state index in [1.165, 1.54) is 40.7 Å². The molecule has 0 heterocycles. The molecule has 0 heteroatoms. The summed E-state index contributed by atoms with van der Waals surface area (Å²) in [5, 5.41) is 0. The lowest BCUT2D eigenvalue weighted by molar-refractivity contribution is 0.904. The number of hydrogen-bond acceptors (Lipinski definition) is 0. The van der Waals surface area contributed by atoms with Gasteiger partial charge < -0.3 is 0 Å². The zero-order chi connectivity index (χ0) is 14.2. The Balaban J connectivity index is 1.89. The summed E-state index contributed by atoms with van der Waals surface area (Å²) in [6, 6.07) is 13.6. The van der Waals surface area contributed by atoms with E-state index in [4.69, 9.17) is 0 Å². The van der Waals surface area contributed by atoms with Gasteiger partial charge in [0, 0.05) is 0 Å². The van der Waals surface area contributed by atoms with Crippen LogP contribution in [0.15, 0.2) is 54.6 Å². The predicted octanol–water partition coefficient (Wildman–Crippen LogP) is 5.55. The minimum absolute atomic E-state index is 1.09. The monoisotopic (exact) mass is 272 g/mol. The van der Waals surface area contributed by atoms with Gasteiger partial charge in [-0.05, 0) is 58.2 Å². The van der Waals surface area contributed by atoms with Crippen molar-refractivity contribution in [3.05, 3.63) is 76.9 Å². The number of benzene rings is 2. The summed E-state index contributed by atoms with van der Waals surface area (Å²) < 4.78 is 0. The third-order valence-electron chi connectivity index (χ3n) is 4.72. The van der Waals surface area contributed by atoms with Crippen LogP contribution in [0, 0.1) is 0 Å². The lowest BCUT2D eigenvalue weighted by atomic mass is 9.89. The minimum atomic E-state index is 1.09. The molecule has 2 aromatic rings. The third-order valence-corrected chi connectivity index (χ3v) is 4.72. The van der Waals surface area contributed by atoms with E-state index in [9.17, 15) is 0 Å². The maximum Gasteiger partial charge on any atom is -0.00105 e. The van der Waals surface area contributed by atoms with E-state index in [1.807, 2.05) is 0 Å². The van der Waals surface area contributed by atoms with Crippen molar-refractivity contribution in [2.75, 3.05) is 0 Å². The lowest BCUT2D eigenvalue weighted by Crippen LogP contribution is -1.99. The fourth-order valence-electron chi connectivity index (χ4n) is 3.76. The molecule has 0 unspecified atom stereocenters. The highest BCUT2D eigenvalue weighted by Gasteiger charge is 2.23. The smallest absolute Gasteiger partial charge is 0.00105 e. The van der Waals surface area contributed by atoms with Crippen molar-refractivity contribution in [3.8, 4) is 11.1 Å². The quantitative estimate of drug-likeness (QED) is 0.586. The van der Waals surface area contributed by atoms with Gasteiger partial charge in [0.1, 0.15) is 0 Å².